The number of carbonyl (C=O) groups excluding carboxylic acids is 1. The van der Waals surface area contributed by atoms with Gasteiger partial charge in [0.15, 0.2) is 5.76 Å². The van der Waals surface area contributed by atoms with E-state index in [0.717, 1.165) is 19.3 Å². The van der Waals surface area contributed by atoms with Gasteiger partial charge in [0.25, 0.3) is 5.91 Å². The molecule has 0 aliphatic heterocycles. The van der Waals surface area contributed by atoms with Gasteiger partial charge in [-0.2, -0.15) is 0 Å². The molecule has 2 unspecified atom stereocenters. The third-order valence-electron chi connectivity index (χ3n) is 3.72. The quantitative estimate of drug-likeness (QED) is 0.655. The van der Waals surface area contributed by atoms with Gasteiger partial charge in [-0.05, 0) is 31.4 Å². The Kier molecular flexibility index (Phi) is 3.84. The van der Waals surface area contributed by atoms with Gasteiger partial charge in [0.2, 0.25) is 0 Å². The van der Waals surface area contributed by atoms with Gasteiger partial charge in [-0.25, -0.2) is 0 Å². The molecule has 1 heterocycles. The Morgan fingerprint density at radius 1 is 1.58 bits per heavy atom. The van der Waals surface area contributed by atoms with Crippen LogP contribution in [0.5, 0.6) is 0 Å². The Morgan fingerprint density at radius 2 is 2.32 bits per heavy atom. The largest absolute Gasteiger partial charge is 0.433 e. The summed E-state index contributed by atoms with van der Waals surface area (Å²) in [4.78, 5) is 23.7. The number of hydrogen-bond acceptors (Lipinski definition) is 5. The highest BCUT2D eigenvalue weighted by Crippen LogP contribution is 2.29. The molecule has 0 radical (unpaired) electrons. The molecule has 1 aromatic heterocycles. The molecule has 1 aliphatic carbocycles. The number of nitrogens with two attached hydrogens (primary N) is 1. The van der Waals surface area contributed by atoms with E-state index in [1.807, 2.05) is 0 Å². The minimum absolute atomic E-state index is 0.00290. The van der Waals surface area contributed by atoms with E-state index in [4.69, 9.17) is 10.2 Å². The SMILES string of the molecule is CN(C(=O)c1ccc([N+](=O)[O-])o1)C1CCCC1CN. The Morgan fingerprint density at radius 3 is 2.89 bits per heavy atom. The van der Waals surface area contributed by atoms with Gasteiger partial charge in [-0.1, -0.05) is 6.42 Å². The maximum absolute atomic E-state index is 12.2. The fourth-order valence-corrected chi connectivity index (χ4v) is 2.67. The fourth-order valence-electron chi connectivity index (χ4n) is 2.67. The molecule has 0 saturated heterocycles. The van der Waals surface area contributed by atoms with Crippen molar-refractivity contribution in [2.75, 3.05) is 13.6 Å². The Labute approximate surface area is 110 Å². The Hall–Kier alpha value is -1.89. The summed E-state index contributed by atoms with van der Waals surface area (Å²) in [5, 5.41) is 10.5. The predicted molar refractivity (Wildman–Crippen MR) is 67.6 cm³/mol. The van der Waals surface area contributed by atoms with Crippen LogP contribution in [0, 0.1) is 16.0 Å². The van der Waals surface area contributed by atoms with Crippen molar-refractivity contribution in [3.05, 3.63) is 28.0 Å². The lowest BCUT2D eigenvalue weighted by molar-refractivity contribution is -0.402. The number of nitrogens with zero attached hydrogens (tertiary/aromatic N) is 2. The van der Waals surface area contributed by atoms with Gasteiger partial charge in [0.05, 0.1) is 6.07 Å². The second-order valence-electron chi connectivity index (χ2n) is 4.81. The molecule has 104 valence electrons. The summed E-state index contributed by atoms with van der Waals surface area (Å²) in [7, 11) is 1.69. The number of carbonyl (C=O) groups is 1. The molecule has 0 bridgehead atoms. The van der Waals surface area contributed by atoms with Gasteiger partial charge >= 0.3 is 5.88 Å². The molecule has 1 fully saturated rings. The highest BCUT2D eigenvalue weighted by atomic mass is 16.6. The monoisotopic (exact) mass is 267 g/mol. The van der Waals surface area contributed by atoms with Crippen LogP contribution in [-0.4, -0.2) is 35.4 Å². The summed E-state index contributed by atoms with van der Waals surface area (Å²) in [5.74, 6) is -0.465. The van der Waals surface area contributed by atoms with Gasteiger partial charge in [0, 0.05) is 13.1 Å². The molecule has 2 N–H and O–H groups in total. The molecule has 1 amide bonds. The van der Waals surface area contributed by atoms with Crippen molar-refractivity contribution in [3.8, 4) is 0 Å². The lowest BCUT2D eigenvalue weighted by atomic mass is 10.0. The Bertz CT molecular complexity index is 485. The van der Waals surface area contributed by atoms with Crippen LogP contribution in [0.4, 0.5) is 5.88 Å². The van der Waals surface area contributed by atoms with Crippen molar-refractivity contribution >= 4 is 11.8 Å². The van der Waals surface area contributed by atoms with Crippen LogP contribution in [0.2, 0.25) is 0 Å². The number of nitro groups is 1. The summed E-state index contributed by atoms with van der Waals surface area (Å²) in [6.45, 7) is 0.542. The first-order valence-electron chi connectivity index (χ1n) is 6.26. The van der Waals surface area contributed by atoms with Gasteiger partial charge in [-0.3, -0.25) is 14.9 Å². The zero-order chi connectivity index (χ0) is 14.0. The molecule has 1 saturated carbocycles. The molecule has 7 heteroatoms. The third-order valence-corrected chi connectivity index (χ3v) is 3.72. The standard InChI is InChI=1S/C12H17N3O4/c1-14(9-4-2-3-8(9)7-13)12(16)10-5-6-11(19-10)15(17)18/h5-6,8-9H,2-4,7,13H2,1H3. The van der Waals surface area contributed by atoms with Crippen LogP contribution < -0.4 is 5.73 Å². The minimum Gasteiger partial charge on any atom is -0.395 e. The molecule has 2 atom stereocenters. The Balaban J connectivity index is 2.11. The van der Waals surface area contributed by atoms with E-state index in [1.165, 1.54) is 12.1 Å². The maximum atomic E-state index is 12.2. The van der Waals surface area contributed by atoms with Crippen molar-refractivity contribution in [2.24, 2.45) is 11.7 Å². The third kappa shape index (κ3) is 2.60. The molecule has 0 aromatic carbocycles. The fraction of sp³-hybridized carbons (Fsp3) is 0.583. The highest BCUT2D eigenvalue weighted by molar-refractivity contribution is 5.91. The maximum Gasteiger partial charge on any atom is 0.433 e. The number of hydrogen-bond donors (Lipinski definition) is 1. The van der Waals surface area contributed by atoms with Crippen molar-refractivity contribution in [2.45, 2.75) is 25.3 Å². The average molecular weight is 267 g/mol. The number of amides is 1. The van der Waals surface area contributed by atoms with E-state index >= 15 is 0 Å². The van der Waals surface area contributed by atoms with Crippen molar-refractivity contribution in [3.63, 3.8) is 0 Å². The van der Waals surface area contributed by atoms with E-state index in [9.17, 15) is 14.9 Å². The highest BCUT2D eigenvalue weighted by Gasteiger charge is 2.33. The van der Waals surface area contributed by atoms with E-state index < -0.39 is 10.8 Å². The van der Waals surface area contributed by atoms with Crippen LogP contribution in [0.3, 0.4) is 0 Å². The van der Waals surface area contributed by atoms with Crippen LogP contribution in [0.25, 0.3) is 0 Å². The second-order valence-corrected chi connectivity index (χ2v) is 4.81. The smallest absolute Gasteiger partial charge is 0.395 e. The molecule has 1 aromatic rings. The van der Waals surface area contributed by atoms with Crippen LogP contribution >= 0.6 is 0 Å². The summed E-state index contributed by atoms with van der Waals surface area (Å²) >= 11 is 0. The van der Waals surface area contributed by atoms with E-state index in [2.05, 4.69) is 0 Å². The number of rotatable bonds is 4. The van der Waals surface area contributed by atoms with Crippen molar-refractivity contribution in [1.82, 2.24) is 4.90 Å². The predicted octanol–water partition coefficient (Wildman–Crippen LogP) is 1.39. The normalized spacial score (nSPS) is 22.4. The summed E-state index contributed by atoms with van der Waals surface area (Å²) < 4.78 is 4.93. The van der Waals surface area contributed by atoms with Gasteiger partial charge in [0.1, 0.15) is 4.92 Å². The topological polar surface area (TPSA) is 103 Å². The summed E-state index contributed by atoms with van der Waals surface area (Å²) in [6.07, 6.45) is 2.96. The molecule has 2 rings (SSSR count). The first-order valence-corrected chi connectivity index (χ1v) is 6.26. The van der Waals surface area contributed by atoms with Crippen molar-refractivity contribution < 1.29 is 14.1 Å². The molecule has 19 heavy (non-hydrogen) atoms. The summed E-state index contributed by atoms with van der Waals surface area (Å²) in [6, 6.07) is 2.61. The second kappa shape index (κ2) is 5.40. The average Bonchev–Trinajstić information content (AvgIpc) is 3.05. The van der Waals surface area contributed by atoms with Crippen LogP contribution in [0.15, 0.2) is 16.5 Å². The van der Waals surface area contributed by atoms with Crippen molar-refractivity contribution in [1.29, 1.82) is 0 Å². The lowest BCUT2D eigenvalue weighted by Crippen LogP contribution is -2.41. The van der Waals surface area contributed by atoms with E-state index in [0.29, 0.717) is 12.5 Å². The lowest BCUT2D eigenvalue weighted by Gasteiger charge is -2.28. The van der Waals surface area contributed by atoms with E-state index in [1.54, 1.807) is 11.9 Å². The zero-order valence-electron chi connectivity index (χ0n) is 10.7. The molecule has 0 spiro atoms. The molecule has 1 aliphatic rings. The van der Waals surface area contributed by atoms with E-state index in [-0.39, 0.29) is 17.7 Å². The van der Waals surface area contributed by atoms with Gasteiger partial charge in [-0.15, -0.1) is 0 Å². The van der Waals surface area contributed by atoms with Crippen LogP contribution in [0.1, 0.15) is 29.8 Å². The van der Waals surface area contributed by atoms with Crippen LogP contribution in [-0.2, 0) is 0 Å². The minimum atomic E-state index is -0.658. The first-order chi connectivity index (χ1) is 9.04. The molecular formula is C12H17N3O4. The molecular weight excluding hydrogens is 250 g/mol. The molecule has 7 nitrogen and oxygen atoms in total. The van der Waals surface area contributed by atoms with Gasteiger partial charge < -0.3 is 15.1 Å². The zero-order valence-corrected chi connectivity index (χ0v) is 10.7. The first kappa shape index (κ1) is 13.5. The number of furan rings is 1. The summed E-state index contributed by atoms with van der Waals surface area (Å²) in [5.41, 5.74) is 5.69.